The fraction of sp³-hybridized carbons (Fsp3) is 0.385. The van der Waals surface area contributed by atoms with E-state index in [1.165, 1.54) is 0 Å². The Hall–Kier alpha value is -1.01. The van der Waals surface area contributed by atoms with Crippen LogP contribution in [0.4, 0.5) is 0 Å². The zero-order chi connectivity index (χ0) is 12.1. The van der Waals surface area contributed by atoms with Gasteiger partial charge in [-0.1, -0.05) is 29.7 Å². The molecule has 1 aromatic rings. The molecule has 0 bridgehead atoms. The van der Waals surface area contributed by atoms with Gasteiger partial charge in [0.15, 0.2) is 0 Å². The number of benzene rings is 1. The molecular formula is C13H17ClN2. The minimum atomic E-state index is -0.00590. The molecule has 3 N–H and O–H groups in total. The van der Waals surface area contributed by atoms with Gasteiger partial charge in [-0.2, -0.15) is 0 Å². The van der Waals surface area contributed by atoms with Crippen LogP contribution in [0.15, 0.2) is 18.2 Å². The van der Waals surface area contributed by atoms with Crippen molar-refractivity contribution in [2.24, 2.45) is 5.73 Å². The first kappa shape index (κ1) is 13.1. The summed E-state index contributed by atoms with van der Waals surface area (Å²) in [6.45, 7) is 4.39. The lowest BCUT2D eigenvalue weighted by Gasteiger charge is -2.20. The van der Waals surface area contributed by atoms with E-state index >= 15 is 0 Å². The number of terminal acetylenes is 1. The van der Waals surface area contributed by atoms with Crippen molar-refractivity contribution in [1.29, 1.82) is 0 Å². The van der Waals surface area contributed by atoms with E-state index < -0.39 is 0 Å². The Morgan fingerprint density at radius 2 is 2.25 bits per heavy atom. The molecule has 0 saturated carbocycles. The van der Waals surface area contributed by atoms with Crippen LogP contribution in [0.5, 0.6) is 0 Å². The minimum absolute atomic E-state index is 0.00590. The van der Waals surface area contributed by atoms with Crippen LogP contribution in [0.2, 0.25) is 5.02 Å². The second kappa shape index (κ2) is 5.91. The van der Waals surface area contributed by atoms with Gasteiger partial charge < -0.3 is 5.73 Å². The predicted octanol–water partition coefficient (Wildman–Crippen LogP) is 2.26. The zero-order valence-corrected chi connectivity index (χ0v) is 10.4. The fourth-order valence-corrected chi connectivity index (χ4v) is 1.67. The maximum absolute atomic E-state index is 6.08. The number of hydrogen-bond donors (Lipinski definition) is 2. The van der Waals surface area contributed by atoms with E-state index in [9.17, 15) is 0 Å². The lowest BCUT2D eigenvalue weighted by Crippen LogP contribution is -2.34. The summed E-state index contributed by atoms with van der Waals surface area (Å²) < 4.78 is 0. The van der Waals surface area contributed by atoms with Gasteiger partial charge in [-0.05, 0) is 31.0 Å². The molecule has 0 amide bonds. The fourth-order valence-electron chi connectivity index (χ4n) is 1.48. The third kappa shape index (κ3) is 3.24. The van der Waals surface area contributed by atoms with E-state index in [0.29, 0.717) is 6.54 Å². The molecule has 1 rings (SSSR count). The van der Waals surface area contributed by atoms with E-state index in [1.807, 2.05) is 32.0 Å². The number of halogens is 1. The van der Waals surface area contributed by atoms with E-state index in [4.69, 9.17) is 23.8 Å². The summed E-state index contributed by atoms with van der Waals surface area (Å²) in [7, 11) is 0. The summed E-state index contributed by atoms with van der Waals surface area (Å²) in [6, 6.07) is 5.99. The lowest BCUT2D eigenvalue weighted by atomic mass is 10.0. The van der Waals surface area contributed by atoms with Crippen LogP contribution in [0.1, 0.15) is 24.1 Å². The second-order valence-electron chi connectivity index (χ2n) is 3.85. The van der Waals surface area contributed by atoms with Crippen molar-refractivity contribution in [1.82, 2.24) is 5.32 Å². The minimum Gasteiger partial charge on any atom is -0.329 e. The molecule has 16 heavy (non-hydrogen) atoms. The molecule has 0 saturated heterocycles. The summed E-state index contributed by atoms with van der Waals surface area (Å²) in [6.07, 6.45) is 5.33. The predicted molar refractivity (Wildman–Crippen MR) is 69.4 cm³/mol. The summed E-state index contributed by atoms with van der Waals surface area (Å²) >= 11 is 6.08. The van der Waals surface area contributed by atoms with Crippen molar-refractivity contribution < 1.29 is 0 Å². The Bertz CT molecular complexity index is 395. The molecule has 0 radical (unpaired) electrons. The average Bonchev–Trinajstić information content (AvgIpc) is 2.29. The Kier molecular flexibility index (Phi) is 4.82. The molecular weight excluding hydrogens is 220 g/mol. The lowest BCUT2D eigenvalue weighted by molar-refractivity contribution is 0.518. The number of nitrogens with one attached hydrogen (secondary N) is 1. The molecule has 0 aliphatic rings. The molecule has 0 fully saturated rings. The largest absolute Gasteiger partial charge is 0.329 e. The van der Waals surface area contributed by atoms with E-state index in [1.54, 1.807) is 0 Å². The monoisotopic (exact) mass is 236 g/mol. The first-order chi connectivity index (χ1) is 7.58. The van der Waals surface area contributed by atoms with E-state index in [-0.39, 0.29) is 12.1 Å². The van der Waals surface area contributed by atoms with E-state index in [0.717, 1.165) is 16.1 Å². The Morgan fingerprint density at radius 3 is 2.75 bits per heavy atom. The molecule has 0 aromatic heterocycles. The third-order valence-electron chi connectivity index (χ3n) is 2.54. The van der Waals surface area contributed by atoms with E-state index in [2.05, 4.69) is 11.2 Å². The van der Waals surface area contributed by atoms with Crippen molar-refractivity contribution in [2.45, 2.75) is 25.9 Å². The van der Waals surface area contributed by atoms with Crippen LogP contribution < -0.4 is 11.1 Å². The van der Waals surface area contributed by atoms with Crippen molar-refractivity contribution in [3.8, 4) is 12.3 Å². The van der Waals surface area contributed by atoms with Gasteiger partial charge in [-0.25, -0.2) is 0 Å². The third-order valence-corrected chi connectivity index (χ3v) is 2.94. The van der Waals surface area contributed by atoms with Gasteiger partial charge in [0.1, 0.15) is 0 Å². The number of nitrogens with two attached hydrogens (primary N) is 1. The first-order valence-corrected chi connectivity index (χ1v) is 5.64. The summed E-state index contributed by atoms with van der Waals surface area (Å²) in [5.41, 5.74) is 7.85. The molecule has 3 heteroatoms. The molecule has 2 nitrogen and oxygen atoms in total. The highest BCUT2D eigenvalue weighted by Gasteiger charge is 2.12. The average molecular weight is 237 g/mol. The number of hydrogen-bond acceptors (Lipinski definition) is 2. The highest BCUT2D eigenvalue weighted by atomic mass is 35.5. The summed E-state index contributed by atoms with van der Waals surface area (Å²) in [5.74, 6) is 2.63. The smallest absolute Gasteiger partial charge is 0.0663 e. The normalized spacial score (nSPS) is 14.2. The van der Waals surface area contributed by atoms with Gasteiger partial charge in [0.25, 0.3) is 0 Å². The summed E-state index contributed by atoms with van der Waals surface area (Å²) in [4.78, 5) is 0. The molecule has 1 aromatic carbocycles. The maximum Gasteiger partial charge on any atom is 0.0663 e. The van der Waals surface area contributed by atoms with Crippen LogP contribution in [0.3, 0.4) is 0 Å². The molecule has 0 aliphatic carbocycles. The van der Waals surface area contributed by atoms with Crippen LogP contribution in [0.25, 0.3) is 0 Å². The van der Waals surface area contributed by atoms with Gasteiger partial charge in [0.05, 0.1) is 6.04 Å². The zero-order valence-electron chi connectivity index (χ0n) is 9.63. The Balaban J connectivity index is 2.87. The van der Waals surface area contributed by atoms with Gasteiger partial charge in [0.2, 0.25) is 0 Å². The van der Waals surface area contributed by atoms with Gasteiger partial charge in [-0.15, -0.1) is 6.42 Å². The van der Waals surface area contributed by atoms with Crippen molar-refractivity contribution in [3.05, 3.63) is 34.3 Å². The van der Waals surface area contributed by atoms with Crippen molar-refractivity contribution in [3.63, 3.8) is 0 Å². The molecule has 0 aliphatic heterocycles. The second-order valence-corrected chi connectivity index (χ2v) is 4.26. The molecule has 0 heterocycles. The van der Waals surface area contributed by atoms with Gasteiger partial charge in [-0.3, -0.25) is 5.32 Å². The van der Waals surface area contributed by atoms with Crippen LogP contribution in [-0.4, -0.2) is 12.6 Å². The Labute approximate surface area is 102 Å². The molecule has 86 valence electrons. The van der Waals surface area contributed by atoms with Crippen LogP contribution in [-0.2, 0) is 0 Å². The molecule has 2 atom stereocenters. The Morgan fingerprint density at radius 1 is 1.56 bits per heavy atom. The molecule has 2 unspecified atom stereocenters. The number of aryl methyl sites for hydroxylation is 1. The van der Waals surface area contributed by atoms with Crippen LogP contribution >= 0.6 is 11.6 Å². The quantitative estimate of drug-likeness (QED) is 0.788. The van der Waals surface area contributed by atoms with Gasteiger partial charge in [0, 0.05) is 17.6 Å². The highest BCUT2D eigenvalue weighted by molar-refractivity contribution is 6.31. The summed E-state index contributed by atoms with van der Waals surface area (Å²) in [5, 5.41) is 4.02. The number of rotatable bonds is 4. The standard InChI is InChI=1S/C13H17ClN2/c1-4-10(3)16-13(8-15)11-6-5-9(2)12(14)7-11/h1,5-7,10,13,16H,8,15H2,2-3H3. The molecule has 0 spiro atoms. The van der Waals surface area contributed by atoms with Gasteiger partial charge >= 0.3 is 0 Å². The first-order valence-electron chi connectivity index (χ1n) is 5.26. The topological polar surface area (TPSA) is 38.0 Å². The van der Waals surface area contributed by atoms with Crippen molar-refractivity contribution >= 4 is 11.6 Å². The highest BCUT2D eigenvalue weighted by Crippen LogP contribution is 2.21. The van der Waals surface area contributed by atoms with Crippen molar-refractivity contribution in [2.75, 3.05) is 6.54 Å². The SMILES string of the molecule is C#CC(C)NC(CN)c1ccc(C)c(Cl)c1. The van der Waals surface area contributed by atoms with Crippen LogP contribution in [0, 0.1) is 19.3 Å². The maximum atomic E-state index is 6.08.